The van der Waals surface area contributed by atoms with Crippen molar-refractivity contribution in [3.63, 3.8) is 0 Å². The molecule has 0 amide bonds. The summed E-state index contributed by atoms with van der Waals surface area (Å²) in [5, 5.41) is 16.1. The number of rotatable bonds is 6. The van der Waals surface area contributed by atoms with Gasteiger partial charge in [-0.05, 0) is 60.2 Å². The molecule has 10 heteroatoms. The van der Waals surface area contributed by atoms with Crippen molar-refractivity contribution in [1.29, 1.82) is 0 Å². The Morgan fingerprint density at radius 3 is 2.74 bits per heavy atom. The van der Waals surface area contributed by atoms with Crippen LogP contribution in [0.2, 0.25) is 10.0 Å². The van der Waals surface area contributed by atoms with E-state index in [1.54, 1.807) is 35.4 Å². The van der Waals surface area contributed by atoms with Gasteiger partial charge in [0.2, 0.25) is 0 Å². The molecule has 2 aliphatic heterocycles. The van der Waals surface area contributed by atoms with E-state index in [-0.39, 0.29) is 17.8 Å². The Morgan fingerprint density at radius 2 is 2.02 bits per heavy atom. The molecular weight excluding hydrogens is 595 g/mol. The number of hydrogen-bond acceptors (Lipinski definition) is 7. The lowest BCUT2D eigenvalue weighted by molar-refractivity contribution is -0.145. The number of nitrogens with zero attached hydrogens (tertiary/aromatic N) is 3. The zero-order valence-corrected chi connectivity index (χ0v) is 25.4. The Balaban J connectivity index is 1.49. The smallest absolute Gasteiger partial charge is 0.310 e. The van der Waals surface area contributed by atoms with Crippen molar-refractivity contribution in [1.82, 2.24) is 15.2 Å². The number of ether oxygens (including phenoxy) is 1. The van der Waals surface area contributed by atoms with Crippen LogP contribution in [0.3, 0.4) is 0 Å². The maximum Gasteiger partial charge on any atom is 0.310 e. The molecule has 1 aliphatic carbocycles. The minimum absolute atomic E-state index is 0.00228. The fraction of sp³-hybridized carbons (Fsp3) is 0.375. The van der Waals surface area contributed by atoms with Crippen molar-refractivity contribution < 1.29 is 14.6 Å². The monoisotopic (exact) mass is 624 g/mol. The Bertz CT molecular complexity index is 1480. The molecule has 4 atom stereocenters. The molecule has 218 valence electrons. The molecule has 3 heterocycles. The minimum Gasteiger partial charge on any atom is -0.469 e. The molecule has 1 saturated heterocycles. The van der Waals surface area contributed by atoms with Crippen LogP contribution >= 0.6 is 34.8 Å². The number of methoxy groups -OCH3 is 1. The van der Waals surface area contributed by atoms with Crippen molar-refractivity contribution in [2.75, 3.05) is 25.1 Å². The lowest BCUT2D eigenvalue weighted by Crippen LogP contribution is -2.47. The highest BCUT2D eigenvalue weighted by molar-refractivity contribution is 6.39. The molecule has 3 aliphatic rings. The highest BCUT2D eigenvalue weighted by Gasteiger charge is 2.41. The molecule has 2 aromatic carbocycles. The number of esters is 1. The van der Waals surface area contributed by atoms with Gasteiger partial charge in [0, 0.05) is 55.3 Å². The summed E-state index contributed by atoms with van der Waals surface area (Å²) < 4.78 is 5.28. The van der Waals surface area contributed by atoms with E-state index in [4.69, 9.17) is 39.5 Å². The number of para-hydroxylation sites is 1. The summed E-state index contributed by atoms with van der Waals surface area (Å²) in [5.41, 5.74) is 5.12. The molecule has 0 bridgehead atoms. The molecule has 1 fully saturated rings. The van der Waals surface area contributed by atoms with Crippen LogP contribution in [0.5, 0.6) is 0 Å². The van der Waals surface area contributed by atoms with Crippen LogP contribution in [0, 0.1) is 18.1 Å². The molecular formula is C32H31Cl3N4O3. The van der Waals surface area contributed by atoms with E-state index in [9.17, 15) is 9.90 Å². The van der Waals surface area contributed by atoms with Gasteiger partial charge in [-0.25, -0.2) is 0 Å². The predicted molar refractivity (Wildman–Crippen MR) is 164 cm³/mol. The first-order valence-corrected chi connectivity index (χ1v) is 15.2. The van der Waals surface area contributed by atoms with Crippen LogP contribution in [-0.2, 0) is 22.6 Å². The summed E-state index contributed by atoms with van der Waals surface area (Å²) >= 11 is 20.2. The number of benzene rings is 2. The SMILES string of the molecule is COC(=O)C1CN(Cc2c#cccn2)CC1c1cc(C2CCCC=C2Cl)c2c(c1)N(c1c(Cl)cccc1Cl)C(O)NC2. The van der Waals surface area contributed by atoms with E-state index < -0.39 is 12.3 Å². The summed E-state index contributed by atoms with van der Waals surface area (Å²) in [6, 6.07) is 17.3. The Labute approximate surface area is 261 Å². The molecule has 0 radical (unpaired) electrons. The van der Waals surface area contributed by atoms with Crippen molar-refractivity contribution in [3.8, 4) is 0 Å². The van der Waals surface area contributed by atoms with Crippen LogP contribution in [0.15, 0.2) is 53.7 Å². The molecule has 7 nitrogen and oxygen atoms in total. The zero-order chi connectivity index (χ0) is 29.4. The number of hydrogen-bond donors (Lipinski definition) is 2. The van der Waals surface area contributed by atoms with Crippen molar-refractivity contribution in [3.05, 3.63) is 98.3 Å². The molecule has 1 aromatic heterocycles. The van der Waals surface area contributed by atoms with Gasteiger partial charge in [-0.3, -0.25) is 24.9 Å². The van der Waals surface area contributed by atoms with Gasteiger partial charge in [0.1, 0.15) is 5.69 Å². The molecule has 0 spiro atoms. The van der Waals surface area contributed by atoms with Gasteiger partial charge in [-0.2, -0.15) is 0 Å². The third-order valence-corrected chi connectivity index (χ3v) is 9.51. The number of anilines is 2. The standard InChI is InChI=1S/C32H31Cl3N4O3/c1-42-31(40)25-18-38(16-20-7-4-5-12-36-20)17-24(25)19-13-22(21-8-2-3-9-26(21)33)23-15-37-32(41)39(29(23)14-19)30-27(34)10-6-11-28(30)35/h5-6,9-14,21,24-25,32,37,41H,2-3,8,15-18H2,1H3. The first-order chi connectivity index (χ1) is 20.4. The number of aliphatic hydroxyl groups is 1. The van der Waals surface area contributed by atoms with Crippen LogP contribution in [-0.4, -0.2) is 47.5 Å². The number of fused-ring (bicyclic) bond motifs is 1. The van der Waals surface area contributed by atoms with Gasteiger partial charge in [0.15, 0.2) is 6.35 Å². The second-order valence-electron chi connectivity index (χ2n) is 11.0. The zero-order valence-electron chi connectivity index (χ0n) is 23.1. The van der Waals surface area contributed by atoms with Crippen molar-refractivity contribution in [2.45, 2.75) is 50.5 Å². The summed E-state index contributed by atoms with van der Waals surface area (Å²) in [4.78, 5) is 21.5. The fourth-order valence-corrected chi connectivity index (χ4v) is 7.43. The molecule has 4 unspecified atom stereocenters. The number of allylic oxidation sites excluding steroid dienone is 2. The van der Waals surface area contributed by atoms with Crippen LogP contribution < -0.4 is 10.2 Å². The third kappa shape index (κ3) is 5.60. The van der Waals surface area contributed by atoms with Gasteiger partial charge in [0.05, 0.1) is 34.4 Å². The van der Waals surface area contributed by atoms with Gasteiger partial charge >= 0.3 is 5.97 Å². The number of carbonyl (C=O) groups is 1. The van der Waals surface area contributed by atoms with E-state index in [1.807, 2.05) is 0 Å². The number of carbonyl (C=O) groups excluding carboxylic acids is 1. The quantitative estimate of drug-likeness (QED) is 0.312. The second kappa shape index (κ2) is 12.4. The summed E-state index contributed by atoms with van der Waals surface area (Å²) in [7, 11) is 1.43. The Kier molecular flexibility index (Phi) is 8.65. The lowest BCUT2D eigenvalue weighted by atomic mass is 9.80. The second-order valence-corrected chi connectivity index (χ2v) is 12.2. The van der Waals surface area contributed by atoms with Crippen molar-refractivity contribution in [2.24, 2.45) is 5.92 Å². The normalized spacial score (nSPS) is 24.1. The average molecular weight is 626 g/mol. The molecule has 3 aromatic rings. The van der Waals surface area contributed by atoms with E-state index in [1.165, 1.54) is 7.11 Å². The molecule has 42 heavy (non-hydrogen) atoms. The summed E-state index contributed by atoms with van der Waals surface area (Å²) in [6.45, 7) is 2.11. The highest BCUT2D eigenvalue weighted by Crippen LogP contribution is 2.48. The summed E-state index contributed by atoms with van der Waals surface area (Å²) in [6.07, 6.45) is 5.60. The van der Waals surface area contributed by atoms with Gasteiger partial charge in [-0.1, -0.05) is 59.1 Å². The first kappa shape index (κ1) is 29.3. The highest BCUT2D eigenvalue weighted by atomic mass is 35.5. The summed E-state index contributed by atoms with van der Waals surface area (Å²) in [5.74, 6) is -0.824. The Morgan fingerprint density at radius 1 is 1.21 bits per heavy atom. The number of likely N-dealkylation sites (tertiary alicyclic amines) is 1. The van der Waals surface area contributed by atoms with Crippen LogP contribution in [0.1, 0.15) is 53.5 Å². The number of nitrogens with one attached hydrogen (secondary N) is 1. The first-order valence-electron chi connectivity index (χ1n) is 14.1. The number of aromatic nitrogens is 1. The Hall–Kier alpha value is -2.83. The van der Waals surface area contributed by atoms with Crippen LogP contribution in [0.25, 0.3) is 0 Å². The largest absolute Gasteiger partial charge is 0.469 e. The average Bonchev–Trinajstić information content (AvgIpc) is 3.41. The number of halogens is 3. The van der Waals surface area contributed by atoms with Gasteiger partial charge < -0.3 is 9.84 Å². The lowest BCUT2D eigenvalue weighted by Gasteiger charge is -2.40. The van der Waals surface area contributed by atoms with Gasteiger partial charge in [0.25, 0.3) is 0 Å². The fourth-order valence-electron chi connectivity index (χ4n) is 6.51. The topological polar surface area (TPSA) is 77.9 Å². The molecule has 6 rings (SSSR count). The third-order valence-electron chi connectivity index (χ3n) is 8.48. The minimum atomic E-state index is -1.07. The molecule has 0 saturated carbocycles. The van der Waals surface area contributed by atoms with E-state index in [0.29, 0.717) is 41.9 Å². The molecule has 2 N–H and O–H groups in total. The van der Waals surface area contributed by atoms with E-state index in [0.717, 1.165) is 52.4 Å². The van der Waals surface area contributed by atoms with E-state index in [2.05, 4.69) is 45.5 Å². The maximum atomic E-state index is 13.1. The predicted octanol–water partition coefficient (Wildman–Crippen LogP) is 6.28. The van der Waals surface area contributed by atoms with Crippen LogP contribution in [0.4, 0.5) is 11.4 Å². The van der Waals surface area contributed by atoms with Crippen molar-refractivity contribution >= 4 is 52.1 Å². The van der Waals surface area contributed by atoms with E-state index >= 15 is 0 Å². The van der Waals surface area contributed by atoms with Gasteiger partial charge in [-0.15, -0.1) is 0 Å². The number of aliphatic hydroxyl groups excluding tert-OH is 1. The maximum absolute atomic E-state index is 13.1.